The molecule has 8 nitrogen and oxygen atoms in total. The maximum absolute atomic E-state index is 12.8. The molecule has 3 aromatic rings. The normalized spacial score (nSPS) is 10.2. The molecule has 0 radical (unpaired) electrons. The van der Waals surface area contributed by atoms with E-state index in [4.69, 9.17) is 4.74 Å². The molecular weight excluding hydrogens is 394 g/mol. The minimum Gasteiger partial charge on any atom is -0.497 e. The molecule has 0 spiro atoms. The molecule has 31 heavy (non-hydrogen) atoms. The molecule has 0 aliphatic rings. The lowest BCUT2D eigenvalue weighted by molar-refractivity contribution is 0.0951. The number of urea groups is 1. The Morgan fingerprint density at radius 1 is 1.00 bits per heavy atom. The molecule has 1 heterocycles. The smallest absolute Gasteiger partial charge is 0.323 e. The number of nitrogens with one attached hydrogen (secondary N) is 3. The number of carbonyl (C=O) groups excluding carboxylic acids is 2. The molecule has 3 N–H and O–H groups in total. The number of amides is 3. The Labute approximate surface area is 181 Å². The third kappa shape index (κ3) is 5.96. The predicted molar refractivity (Wildman–Crippen MR) is 122 cm³/mol. The van der Waals surface area contributed by atoms with Crippen LogP contribution in [0.1, 0.15) is 15.9 Å². The Hall–Kier alpha value is -4.07. The number of anilines is 3. The van der Waals surface area contributed by atoms with Crippen molar-refractivity contribution >= 4 is 29.0 Å². The maximum atomic E-state index is 12.8. The van der Waals surface area contributed by atoms with Crippen molar-refractivity contribution in [2.24, 2.45) is 0 Å². The van der Waals surface area contributed by atoms with E-state index in [0.717, 1.165) is 11.3 Å². The zero-order valence-corrected chi connectivity index (χ0v) is 17.7. The number of ether oxygens (including phenoxy) is 1. The van der Waals surface area contributed by atoms with E-state index >= 15 is 0 Å². The summed E-state index contributed by atoms with van der Waals surface area (Å²) in [6.07, 6.45) is 3.39. The number of nitrogens with zero attached hydrogens (tertiary/aromatic N) is 2. The summed E-state index contributed by atoms with van der Waals surface area (Å²) in [5.74, 6) is 0.457. The minimum absolute atomic E-state index is 0.244. The van der Waals surface area contributed by atoms with Gasteiger partial charge in [-0.2, -0.15) is 0 Å². The first-order chi connectivity index (χ1) is 15.0. The average molecular weight is 419 g/mol. The number of rotatable bonds is 7. The van der Waals surface area contributed by atoms with E-state index in [2.05, 4.69) is 20.9 Å². The monoisotopic (exact) mass is 419 g/mol. The van der Waals surface area contributed by atoms with Gasteiger partial charge in [-0.25, -0.2) is 4.79 Å². The van der Waals surface area contributed by atoms with Gasteiger partial charge in [-0.05, 0) is 54.1 Å². The summed E-state index contributed by atoms with van der Waals surface area (Å²) >= 11 is 0. The highest BCUT2D eigenvalue weighted by Crippen LogP contribution is 2.23. The predicted octanol–water partition coefficient (Wildman–Crippen LogP) is 3.73. The van der Waals surface area contributed by atoms with Gasteiger partial charge in [-0.1, -0.05) is 6.07 Å². The molecule has 0 saturated carbocycles. The van der Waals surface area contributed by atoms with Gasteiger partial charge in [0.05, 0.1) is 12.7 Å². The number of pyridine rings is 1. The van der Waals surface area contributed by atoms with Crippen LogP contribution >= 0.6 is 0 Å². The zero-order valence-electron chi connectivity index (χ0n) is 17.7. The molecule has 0 saturated heterocycles. The van der Waals surface area contributed by atoms with Crippen LogP contribution in [0.15, 0.2) is 67.0 Å². The molecule has 0 atom stereocenters. The summed E-state index contributed by atoms with van der Waals surface area (Å²) in [7, 11) is 5.30. The highest BCUT2D eigenvalue weighted by molar-refractivity contribution is 6.03. The van der Waals surface area contributed by atoms with Gasteiger partial charge in [0.25, 0.3) is 5.91 Å². The molecule has 8 heteroatoms. The summed E-state index contributed by atoms with van der Waals surface area (Å²) in [6, 6.07) is 15.5. The third-order valence-electron chi connectivity index (χ3n) is 4.50. The van der Waals surface area contributed by atoms with Gasteiger partial charge < -0.3 is 25.6 Å². The number of methoxy groups -OCH3 is 1. The fourth-order valence-electron chi connectivity index (χ4n) is 2.93. The van der Waals surface area contributed by atoms with Gasteiger partial charge in [0.15, 0.2) is 0 Å². The Morgan fingerprint density at radius 3 is 2.35 bits per heavy atom. The van der Waals surface area contributed by atoms with Crippen LogP contribution in [0.5, 0.6) is 5.75 Å². The van der Waals surface area contributed by atoms with Gasteiger partial charge >= 0.3 is 6.03 Å². The molecule has 160 valence electrons. The first-order valence-electron chi connectivity index (χ1n) is 9.67. The number of carbonyl (C=O) groups is 2. The lowest BCUT2D eigenvalue weighted by Crippen LogP contribution is -2.26. The van der Waals surface area contributed by atoms with Crippen molar-refractivity contribution in [3.8, 4) is 5.75 Å². The fraction of sp³-hybridized carbons (Fsp3) is 0.174. The lowest BCUT2D eigenvalue weighted by Gasteiger charge is -2.18. The Bertz CT molecular complexity index is 1040. The van der Waals surface area contributed by atoms with Gasteiger partial charge in [-0.15, -0.1) is 0 Å². The first-order valence-corrected chi connectivity index (χ1v) is 9.67. The minimum atomic E-state index is -0.413. The number of hydrogen-bond donors (Lipinski definition) is 3. The number of hydrogen-bond acceptors (Lipinski definition) is 5. The van der Waals surface area contributed by atoms with Gasteiger partial charge in [0.2, 0.25) is 0 Å². The second kappa shape index (κ2) is 10.1. The van der Waals surface area contributed by atoms with E-state index < -0.39 is 6.03 Å². The molecular formula is C23H25N5O3. The van der Waals surface area contributed by atoms with E-state index in [1.165, 1.54) is 0 Å². The van der Waals surface area contributed by atoms with Crippen LogP contribution in [-0.2, 0) is 6.54 Å². The second-order valence-corrected chi connectivity index (χ2v) is 6.98. The van der Waals surface area contributed by atoms with Crippen LogP contribution in [-0.4, -0.2) is 38.1 Å². The van der Waals surface area contributed by atoms with Crippen LogP contribution < -0.4 is 25.6 Å². The number of aromatic nitrogens is 1. The van der Waals surface area contributed by atoms with Crippen LogP contribution in [0.3, 0.4) is 0 Å². The maximum Gasteiger partial charge on any atom is 0.323 e. The third-order valence-corrected chi connectivity index (χ3v) is 4.50. The molecule has 3 rings (SSSR count). The van der Waals surface area contributed by atoms with Crippen molar-refractivity contribution in [2.75, 3.05) is 36.7 Å². The van der Waals surface area contributed by atoms with E-state index in [0.29, 0.717) is 29.2 Å². The van der Waals surface area contributed by atoms with Crippen molar-refractivity contribution < 1.29 is 14.3 Å². The first kappa shape index (κ1) is 21.6. The molecule has 3 amide bonds. The quantitative estimate of drug-likeness (QED) is 0.542. The highest BCUT2D eigenvalue weighted by atomic mass is 16.5. The molecule has 0 bridgehead atoms. The Balaban J connectivity index is 1.70. The molecule has 0 fully saturated rings. The molecule has 0 aliphatic heterocycles. The van der Waals surface area contributed by atoms with Crippen molar-refractivity contribution in [1.82, 2.24) is 10.3 Å². The standard InChI is InChI=1S/C23H25N5O3/c1-28(2)21-11-8-18(27-23(30)26-17-6-9-19(31-3)10-7-17)13-20(21)22(29)25-15-16-5-4-12-24-14-16/h4-14H,15H2,1-3H3,(H,25,29)(H2,26,27,30). The van der Waals surface area contributed by atoms with Gasteiger partial charge in [0, 0.05) is 50.1 Å². The number of benzene rings is 2. The van der Waals surface area contributed by atoms with Crippen LogP contribution in [0, 0.1) is 0 Å². The Kier molecular flexibility index (Phi) is 7.05. The SMILES string of the molecule is COc1ccc(NC(=O)Nc2ccc(N(C)C)c(C(=O)NCc3cccnc3)c2)cc1. The Morgan fingerprint density at radius 2 is 1.71 bits per heavy atom. The molecule has 0 unspecified atom stereocenters. The molecule has 2 aromatic carbocycles. The lowest BCUT2D eigenvalue weighted by atomic mass is 10.1. The van der Waals surface area contributed by atoms with Gasteiger partial charge in [0.1, 0.15) is 5.75 Å². The second-order valence-electron chi connectivity index (χ2n) is 6.98. The van der Waals surface area contributed by atoms with E-state index in [1.54, 1.807) is 62.0 Å². The van der Waals surface area contributed by atoms with Crippen LogP contribution in [0.25, 0.3) is 0 Å². The van der Waals surface area contributed by atoms with E-state index in [1.807, 2.05) is 31.1 Å². The topological polar surface area (TPSA) is 95.6 Å². The van der Waals surface area contributed by atoms with Crippen molar-refractivity contribution in [3.63, 3.8) is 0 Å². The van der Waals surface area contributed by atoms with Crippen LogP contribution in [0.2, 0.25) is 0 Å². The zero-order chi connectivity index (χ0) is 22.2. The van der Waals surface area contributed by atoms with Crippen molar-refractivity contribution in [1.29, 1.82) is 0 Å². The largest absolute Gasteiger partial charge is 0.497 e. The van der Waals surface area contributed by atoms with E-state index in [-0.39, 0.29) is 5.91 Å². The summed E-state index contributed by atoms with van der Waals surface area (Å²) in [4.78, 5) is 31.1. The summed E-state index contributed by atoms with van der Waals surface area (Å²) in [5, 5.41) is 8.41. The van der Waals surface area contributed by atoms with E-state index in [9.17, 15) is 9.59 Å². The van der Waals surface area contributed by atoms with Crippen molar-refractivity contribution in [3.05, 3.63) is 78.1 Å². The summed E-state index contributed by atoms with van der Waals surface area (Å²) in [6.45, 7) is 0.356. The highest BCUT2D eigenvalue weighted by Gasteiger charge is 2.15. The van der Waals surface area contributed by atoms with Crippen molar-refractivity contribution in [2.45, 2.75) is 6.54 Å². The summed E-state index contributed by atoms with van der Waals surface area (Å²) in [5.41, 5.74) is 3.22. The molecule has 1 aromatic heterocycles. The fourth-order valence-corrected chi connectivity index (χ4v) is 2.93. The van der Waals surface area contributed by atoms with Crippen LogP contribution in [0.4, 0.5) is 21.9 Å². The van der Waals surface area contributed by atoms with Gasteiger partial charge in [-0.3, -0.25) is 9.78 Å². The summed E-state index contributed by atoms with van der Waals surface area (Å²) < 4.78 is 5.11. The molecule has 0 aliphatic carbocycles. The average Bonchev–Trinajstić information content (AvgIpc) is 2.78.